The van der Waals surface area contributed by atoms with Gasteiger partial charge in [-0.05, 0) is 37.5 Å². The lowest BCUT2D eigenvalue weighted by Gasteiger charge is -2.21. The molecule has 30 heavy (non-hydrogen) atoms. The highest BCUT2D eigenvalue weighted by Gasteiger charge is 2.29. The van der Waals surface area contributed by atoms with Gasteiger partial charge >= 0.3 is 0 Å². The lowest BCUT2D eigenvalue weighted by atomic mass is 10.1. The van der Waals surface area contributed by atoms with Crippen LogP contribution in [0.2, 0.25) is 5.02 Å². The highest BCUT2D eigenvalue weighted by Crippen LogP contribution is 2.43. The van der Waals surface area contributed by atoms with Gasteiger partial charge in [0.05, 0.1) is 36.0 Å². The third-order valence-electron chi connectivity index (χ3n) is 5.41. The summed E-state index contributed by atoms with van der Waals surface area (Å²) >= 11 is 6.62. The fraction of sp³-hybridized carbons (Fsp3) is 0.476. The van der Waals surface area contributed by atoms with E-state index in [0.717, 1.165) is 58.9 Å². The van der Waals surface area contributed by atoms with Gasteiger partial charge in [-0.2, -0.15) is 0 Å². The molecule has 3 aromatic rings. The smallest absolute Gasteiger partial charge is 0.163 e. The van der Waals surface area contributed by atoms with Gasteiger partial charge in [-0.1, -0.05) is 16.8 Å². The minimum Gasteiger partial charge on any atom is -0.497 e. The molecule has 1 unspecified atom stereocenters. The Balaban J connectivity index is 1.80. The second-order valence-electron chi connectivity index (χ2n) is 7.40. The van der Waals surface area contributed by atoms with E-state index in [1.165, 1.54) is 0 Å². The van der Waals surface area contributed by atoms with Gasteiger partial charge in [-0.3, -0.25) is 0 Å². The highest BCUT2D eigenvalue weighted by atomic mass is 35.5. The summed E-state index contributed by atoms with van der Waals surface area (Å²) in [4.78, 5) is 6.94. The van der Waals surface area contributed by atoms with Crippen LogP contribution in [-0.2, 0) is 15.9 Å². The van der Waals surface area contributed by atoms with E-state index in [9.17, 15) is 0 Å². The van der Waals surface area contributed by atoms with Gasteiger partial charge in [0.25, 0.3) is 0 Å². The molecule has 2 aromatic heterocycles. The summed E-state index contributed by atoms with van der Waals surface area (Å²) < 4.78 is 18.0. The third-order valence-corrected chi connectivity index (χ3v) is 5.70. The molecular weight excluding hydrogens is 406 g/mol. The number of aromatic nitrogens is 4. The molecule has 0 amide bonds. The van der Waals surface area contributed by atoms with Gasteiger partial charge in [0, 0.05) is 39.1 Å². The van der Waals surface area contributed by atoms with Crippen LogP contribution in [0.1, 0.15) is 23.7 Å². The Morgan fingerprint density at radius 2 is 2.00 bits per heavy atom. The number of rotatable bonds is 8. The van der Waals surface area contributed by atoms with E-state index in [1.54, 1.807) is 21.3 Å². The highest BCUT2D eigenvalue weighted by molar-refractivity contribution is 6.34. The Labute approximate surface area is 180 Å². The molecule has 1 atom stereocenters. The van der Waals surface area contributed by atoms with E-state index in [0.29, 0.717) is 18.2 Å². The Kier molecular flexibility index (Phi) is 6.08. The van der Waals surface area contributed by atoms with Crippen molar-refractivity contribution in [3.8, 4) is 5.75 Å². The van der Waals surface area contributed by atoms with Crippen molar-refractivity contribution in [1.82, 2.24) is 20.0 Å². The Hall–Kier alpha value is -2.42. The number of benzene rings is 1. The maximum Gasteiger partial charge on any atom is 0.163 e. The van der Waals surface area contributed by atoms with E-state index in [2.05, 4.69) is 15.2 Å². The molecule has 1 aliphatic rings. The average Bonchev–Trinajstić information content (AvgIpc) is 3.35. The van der Waals surface area contributed by atoms with Crippen LogP contribution in [0.15, 0.2) is 18.2 Å². The van der Waals surface area contributed by atoms with Gasteiger partial charge in [-0.25, -0.2) is 9.67 Å². The predicted octanol–water partition coefficient (Wildman–Crippen LogP) is 3.71. The molecule has 9 heteroatoms. The molecule has 0 N–H and O–H groups in total. The monoisotopic (exact) mass is 431 g/mol. The zero-order valence-electron chi connectivity index (χ0n) is 17.7. The van der Waals surface area contributed by atoms with E-state index >= 15 is 0 Å². The van der Waals surface area contributed by atoms with Crippen molar-refractivity contribution in [2.45, 2.75) is 25.8 Å². The van der Waals surface area contributed by atoms with Crippen LogP contribution >= 0.6 is 11.6 Å². The quantitative estimate of drug-likeness (QED) is 0.538. The second-order valence-corrected chi connectivity index (χ2v) is 7.81. The number of pyridine rings is 1. The van der Waals surface area contributed by atoms with Crippen molar-refractivity contribution in [3.63, 3.8) is 0 Å². The standard InChI is InChI=1S/C21H26ClN5O3/c1-13-9-18-19(24-25-27(18)15(12-29-3)6-8-28-2)21(23-13)26-7-5-14-10-16(30-4)11-17(22)20(14)26/h9-11,15H,5-8,12H2,1-4H3. The minimum atomic E-state index is 0.0216. The minimum absolute atomic E-state index is 0.0216. The molecule has 0 bridgehead atoms. The average molecular weight is 432 g/mol. The molecule has 1 aliphatic heterocycles. The number of ether oxygens (including phenoxy) is 3. The SMILES string of the molecule is COCCC(COC)n1nnc2c(N3CCc4cc(OC)cc(Cl)c43)nc(C)cc21. The van der Waals surface area contributed by atoms with E-state index < -0.39 is 0 Å². The van der Waals surface area contributed by atoms with Crippen molar-refractivity contribution in [1.29, 1.82) is 0 Å². The van der Waals surface area contributed by atoms with Crippen molar-refractivity contribution < 1.29 is 14.2 Å². The van der Waals surface area contributed by atoms with Gasteiger partial charge in [0.15, 0.2) is 11.3 Å². The molecule has 8 nitrogen and oxygen atoms in total. The van der Waals surface area contributed by atoms with Crippen molar-refractivity contribution in [3.05, 3.63) is 34.5 Å². The maximum absolute atomic E-state index is 6.62. The molecule has 0 fully saturated rings. The number of halogens is 1. The Bertz CT molecular complexity index is 1050. The number of hydrogen-bond acceptors (Lipinski definition) is 7. The van der Waals surface area contributed by atoms with Crippen LogP contribution in [0.3, 0.4) is 0 Å². The van der Waals surface area contributed by atoms with E-state index in [4.69, 9.17) is 30.8 Å². The van der Waals surface area contributed by atoms with E-state index in [1.807, 2.05) is 29.8 Å². The fourth-order valence-corrected chi connectivity index (χ4v) is 4.35. The van der Waals surface area contributed by atoms with E-state index in [-0.39, 0.29) is 6.04 Å². The van der Waals surface area contributed by atoms with Crippen LogP contribution in [-0.4, -0.2) is 61.1 Å². The number of aryl methyl sites for hydroxylation is 1. The topological polar surface area (TPSA) is 74.5 Å². The first-order valence-electron chi connectivity index (χ1n) is 9.91. The zero-order chi connectivity index (χ0) is 21.3. The molecular formula is C21H26ClN5O3. The number of methoxy groups -OCH3 is 3. The first-order chi connectivity index (χ1) is 14.6. The molecule has 0 aliphatic carbocycles. The number of nitrogens with zero attached hydrogens (tertiary/aromatic N) is 5. The van der Waals surface area contributed by atoms with Crippen molar-refractivity contribution >= 4 is 34.1 Å². The molecule has 4 rings (SSSR count). The molecule has 3 heterocycles. The largest absolute Gasteiger partial charge is 0.497 e. The number of hydrogen-bond donors (Lipinski definition) is 0. The second kappa shape index (κ2) is 8.75. The summed E-state index contributed by atoms with van der Waals surface area (Å²) in [6, 6.07) is 5.90. The first-order valence-corrected chi connectivity index (χ1v) is 10.3. The Morgan fingerprint density at radius 3 is 2.73 bits per heavy atom. The summed E-state index contributed by atoms with van der Waals surface area (Å²) in [6.07, 6.45) is 1.63. The summed E-state index contributed by atoms with van der Waals surface area (Å²) in [7, 11) is 5.03. The van der Waals surface area contributed by atoms with Crippen LogP contribution < -0.4 is 9.64 Å². The molecule has 0 saturated carbocycles. The maximum atomic E-state index is 6.62. The van der Waals surface area contributed by atoms with Crippen LogP contribution in [0.5, 0.6) is 5.75 Å². The van der Waals surface area contributed by atoms with Gasteiger partial charge < -0.3 is 19.1 Å². The summed E-state index contributed by atoms with van der Waals surface area (Å²) in [5.41, 5.74) is 4.66. The van der Waals surface area contributed by atoms with Gasteiger partial charge in [-0.15, -0.1) is 5.10 Å². The van der Waals surface area contributed by atoms with Crippen LogP contribution in [0, 0.1) is 6.92 Å². The normalized spacial score (nSPS) is 14.4. The summed E-state index contributed by atoms with van der Waals surface area (Å²) in [5, 5.41) is 9.60. The Morgan fingerprint density at radius 1 is 1.17 bits per heavy atom. The summed E-state index contributed by atoms with van der Waals surface area (Å²) in [5.74, 6) is 1.53. The lowest BCUT2D eigenvalue weighted by molar-refractivity contribution is 0.117. The zero-order valence-corrected chi connectivity index (χ0v) is 18.4. The third kappa shape index (κ3) is 3.71. The molecule has 160 valence electrons. The number of anilines is 2. The molecule has 0 spiro atoms. The lowest BCUT2D eigenvalue weighted by Crippen LogP contribution is -2.19. The van der Waals surface area contributed by atoms with Crippen LogP contribution in [0.4, 0.5) is 11.5 Å². The van der Waals surface area contributed by atoms with Crippen molar-refractivity contribution in [2.75, 3.05) is 46.0 Å². The fourth-order valence-electron chi connectivity index (χ4n) is 4.02. The van der Waals surface area contributed by atoms with Crippen LogP contribution in [0.25, 0.3) is 11.0 Å². The molecule has 1 aromatic carbocycles. The predicted molar refractivity (Wildman–Crippen MR) is 116 cm³/mol. The van der Waals surface area contributed by atoms with Crippen molar-refractivity contribution in [2.24, 2.45) is 0 Å². The molecule has 0 radical (unpaired) electrons. The first kappa shape index (κ1) is 20.8. The van der Waals surface area contributed by atoms with Gasteiger partial charge in [0.2, 0.25) is 0 Å². The number of fused-ring (bicyclic) bond motifs is 2. The summed E-state index contributed by atoms with van der Waals surface area (Å²) in [6.45, 7) is 3.89. The molecule has 0 saturated heterocycles. The van der Waals surface area contributed by atoms with Gasteiger partial charge in [0.1, 0.15) is 5.75 Å².